The number of aliphatic carboxylic acids is 1. The van der Waals surface area contributed by atoms with Crippen LogP contribution in [0.15, 0.2) is 24.3 Å². The fourth-order valence-corrected chi connectivity index (χ4v) is 1.96. The summed E-state index contributed by atoms with van der Waals surface area (Å²) >= 11 is 0. The minimum atomic E-state index is -5.05. The lowest BCUT2D eigenvalue weighted by atomic mass is 10.1. The molecule has 1 amide bonds. The first-order valence-corrected chi connectivity index (χ1v) is 6.48. The largest absolute Gasteiger partial charge is 0.508 e. The van der Waals surface area contributed by atoms with Crippen molar-refractivity contribution in [1.29, 1.82) is 0 Å². The van der Waals surface area contributed by atoms with Crippen LogP contribution in [0.5, 0.6) is 5.75 Å². The van der Waals surface area contributed by atoms with Crippen molar-refractivity contribution in [2.75, 3.05) is 6.54 Å². The van der Waals surface area contributed by atoms with Crippen molar-refractivity contribution >= 4 is 11.9 Å². The summed E-state index contributed by atoms with van der Waals surface area (Å²) in [4.78, 5) is 22.6. The van der Waals surface area contributed by atoms with Crippen LogP contribution in [-0.4, -0.2) is 45.8 Å². The maximum absolute atomic E-state index is 12.6. The van der Waals surface area contributed by atoms with Crippen molar-refractivity contribution in [1.82, 2.24) is 4.90 Å². The Morgan fingerprint density at radius 2 is 1.77 bits per heavy atom. The van der Waals surface area contributed by atoms with Crippen LogP contribution < -0.4 is 0 Å². The van der Waals surface area contributed by atoms with Crippen LogP contribution in [0.4, 0.5) is 13.2 Å². The Bertz CT molecular complexity index is 528. The second kappa shape index (κ2) is 7.15. The third-order valence-corrected chi connectivity index (χ3v) is 3.08. The van der Waals surface area contributed by atoms with E-state index in [-0.39, 0.29) is 18.7 Å². The van der Waals surface area contributed by atoms with Crippen molar-refractivity contribution in [2.45, 2.75) is 32.0 Å². The molecule has 2 N–H and O–H groups in total. The van der Waals surface area contributed by atoms with E-state index in [1.807, 2.05) is 0 Å². The SMILES string of the molecule is CC(CC(=O)O)N(CCc1ccc(O)cc1)C(=O)C(F)(F)F. The minimum Gasteiger partial charge on any atom is -0.508 e. The highest BCUT2D eigenvalue weighted by molar-refractivity contribution is 5.82. The number of amides is 1. The first-order chi connectivity index (χ1) is 10.1. The molecule has 1 atom stereocenters. The molecule has 0 aliphatic heterocycles. The van der Waals surface area contributed by atoms with Crippen LogP contribution >= 0.6 is 0 Å². The Labute approximate surface area is 125 Å². The number of benzene rings is 1. The Kier molecular flexibility index (Phi) is 5.78. The summed E-state index contributed by atoms with van der Waals surface area (Å²) in [6, 6.07) is 4.72. The monoisotopic (exact) mass is 319 g/mol. The number of nitrogens with zero attached hydrogens (tertiary/aromatic N) is 1. The maximum Gasteiger partial charge on any atom is 0.471 e. The third-order valence-electron chi connectivity index (χ3n) is 3.08. The van der Waals surface area contributed by atoms with E-state index in [1.54, 1.807) is 0 Å². The molecule has 1 rings (SSSR count). The number of carboxylic acid groups (broad SMARTS) is 1. The van der Waals surface area contributed by atoms with Crippen LogP contribution in [0.1, 0.15) is 18.9 Å². The van der Waals surface area contributed by atoms with E-state index in [1.165, 1.54) is 31.2 Å². The Balaban J connectivity index is 2.83. The summed E-state index contributed by atoms with van der Waals surface area (Å²) in [6.45, 7) is 0.992. The lowest BCUT2D eigenvalue weighted by Crippen LogP contribution is -2.47. The van der Waals surface area contributed by atoms with E-state index < -0.39 is 30.5 Å². The van der Waals surface area contributed by atoms with Gasteiger partial charge in [-0.2, -0.15) is 13.2 Å². The average molecular weight is 319 g/mol. The van der Waals surface area contributed by atoms with Crippen molar-refractivity contribution in [3.63, 3.8) is 0 Å². The van der Waals surface area contributed by atoms with Gasteiger partial charge in [0.25, 0.3) is 0 Å². The quantitative estimate of drug-likeness (QED) is 0.842. The topological polar surface area (TPSA) is 77.8 Å². The molecule has 8 heteroatoms. The van der Waals surface area contributed by atoms with Gasteiger partial charge in [0.05, 0.1) is 6.42 Å². The van der Waals surface area contributed by atoms with Gasteiger partial charge in [-0.3, -0.25) is 9.59 Å². The molecule has 1 aromatic carbocycles. The highest BCUT2D eigenvalue weighted by Gasteiger charge is 2.43. The zero-order valence-corrected chi connectivity index (χ0v) is 11.8. The van der Waals surface area contributed by atoms with Gasteiger partial charge in [0.15, 0.2) is 0 Å². The standard InChI is InChI=1S/C14H16F3NO4/c1-9(8-12(20)21)18(13(22)14(15,16)17)7-6-10-2-4-11(19)5-3-10/h2-5,9,19H,6-8H2,1H3,(H,20,21). The molecule has 0 bridgehead atoms. The normalized spacial score (nSPS) is 12.7. The van der Waals surface area contributed by atoms with Crippen molar-refractivity contribution in [2.24, 2.45) is 0 Å². The van der Waals surface area contributed by atoms with E-state index in [0.717, 1.165) is 0 Å². The Hall–Kier alpha value is -2.25. The van der Waals surface area contributed by atoms with Gasteiger partial charge in [-0.25, -0.2) is 0 Å². The second-order valence-corrected chi connectivity index (χ2v) is 4.86. The summed E-state index contributed by atoms with van der Waals surface area (Å²) in [5.41, 5.74) is 0.625. The third kappa shape index (κ3) is 5.27. The molecule has 0 saturated heterocycles. The molecule has 0 spiro atoms. The Morgan fingerprint density at radius 3 is 2.23 bits per heavy atom. The van der Waals surface area contributed by atoms with E-state index in [9.17, 15) is 22.8 Å². The molecule has 1 aromatic rings. The predicted molar refractivity (Wildman–Crippen MR) is 71.3 cm³/mol. The molecule has 0 aliphatic carbocycles. The number of phenols is 1. The highest BCUT2D eigenvalue weighted by Crippen LogP contribution is 2.21. The maximum atomic E-state index is 12.6. The second-order valence-electron chi connectivity index (χ2n) is 4.86. The number of phenolic OH excluding ortho intramolecular Hbond substituents is 1. The summed E-state index contributed by atoms with van der Waals surface area (Å²) in [5.74, 6) is -3.32. The fourth-order valence-electron chi connectivity index (χ4n) is 1.96. The lowest BCUT2D eigenvalue weighted by Gasteiger charge is -2.29. The number of rotatable bonds is 6. The molecular formula is C14H16F3NO4. The summed E-state index contributed by atoms with van der Waals surface area (Å²) in [7, 11) is 0. The summed E-state index contributed by atoms with van der Waals surface area (Å²) < 4.78 is 37.8. The molecule has 0 fully saturated rings. The van der Waals surface area contributed by atoms with Crippen molar-refractivity contribution in [3.05, 3.63) is 29.8 Å². The number of hydrogen-bond donors (Lipinski definition) is 2. The molecule has 22 heavy (non-hydrogen) atoms. The van der Waals surface area contributed by atoms with E-state index in [4.69, 9.17) is 10.2 Å². The molecule has 0 radical (unpaired) electrons. The Morgan fingerprint density at radius 1 is 1.23 bits per heavy atom. The van der Waals surface area contributed by atoms with Crippen LogP contribution in [-0.2, 0) is 16.0 Å². The fraction of sp³-hybridized carbons (Fsp3) is 0.429. The van der Waals surface area contributed by atoms with Gasteiger partial charge in [0.1, 0.15) is 5.75 Å². The molecule has 0 aromatic heterocycles. The van der Waals surface area contributed by atoms with Crippen molar-refractivity contribution < 1.29 is 33.0 Å². The van der Waals surface area contributed by atoms with Gasteiger partial charge in [-0.1, -0.05) is 12.1 Å². The highest BCUT2D eigenvalue weighted by atomic mass is 19.4. The first-order valence-electron chi connectivity index (χ1n) is 6.48. The van der Waals surface area contributed by atoms with Crippen LogP contribution in [0.2, 0.25) is 0 Å². The van der Waals surface area contributed by atoms with E-state index >= 15 is 0 Å². The van der Waals surface area contributed by atoms with Gasteiger partial charge < -0.3 is 15.1 Å². The number of hydrogen-bond acceptors (Lipinski definition) is 3. The number of halogens is 3. The van der Waals surface area contributed by atoms with Gasteiger partial charge >= 0.3 is 18.1 Å². The van der Waals surface area contributed by atoms with Gasteiger partial charge in [-0.05, 0) is 31.0 Å². The van der Waals surface area contributed by atoms with Crippen LogP contribution in [0.3, 0.4) is 0 Å². The zero-order chi connectivity index (χ0) is 16.9. The number of alkyl halides is 3. The minimum absolute atomic E-state index is 0.0196. The summed E-state index contributed by atoms with van der Waals surface area (Å²) in [6.07, 6.45) is -5.51. The molecule has 0 aliphatic rings. The lowest BCUT2D eigenvalue weighted by molar-refractivity contribution is -0.187. The first kappa shape index (κ1) is 17.8. The molecule has 5 nitrogen and oxygen atoms in total. The summed E-state index contributed by atoms with van der Waals surface area (Å²) in [5, 5.41) is 17.8. The molecule has 0 heterocycles. The molecule has 122 valence electrons. The van der Waals surface area contributed by atoms with Crippen LogP contribution in [0.25, 0.3) is 0 Å². The number of aromatic hydroxyl groups is 1. The molecular weight excluding hydrogens is 303 g/mol. The van der Waals surface area contributed by atoms with Crippen molar-refractivity contribution in [3.8, 4) is 5.75 Å². The van der Waals surface area contributed by atoms with Gasteiger partial charge in [0, 0.05) is 12.6 Å². The van der Waals surface area contributed by atoms with E-state index in [0.29, 0.717) is 10.5 Å². The smallest absolute Gasteiger partial charge is 0.471 e. The zero-order valence-electron chi connectivity index (χ0n) is 11.8. The molecule has 0 saturated carbocycles. The number of carboxylic acids is 1. The average Bonchev–Trinajstić information content (AvgIpc) is 2.39. The predicted octanol–water partition coefficient (Wildman–Crippen LogP) is 2.19. The van der Waals surface area contributed by atoms with Gasteiger partial charge in [0.2, 0.25) is 0 Å². The number of carbonyl (C=O) groups is 2. The van der Waals surface area contributed by atoms with Gasteiger partial charge in [-0.15, -0.1) is 0 Å². The van der Waals surface area contributed by atoms with Crippen LogP contribution in [0, 0.1) is 0 Å². The molecule has 1 unspecified atom stereocenters. The number of carbonyl (C=O) groups excluding carboxylic acids is 1. The van der Waals surface area contributed by atoms with E-state index in [2.05, 4.69) is 0 Å².